The molecule has 180 valence electrons. The standard InChI is InChI=1S/C27H27N3O4S/c31-26(32)24-2-1-3-25(29-24)28-21-8-10-23(11-9-21)35(33,34)30-22-6-4-19(5-7-22)27-15-17-12-18(16-27)14-20(27)13-17/h1-11,17-18,20,30H,12-16H2,(H,28,29)(H,31,32). The van der Waals surface area contributed by atoms with Gasteiger partial charge >= 0.3 is 5.97 Å². The van der Waals surface area contributed by atoms with Gasteiger partial charge in [-0.1, -0.05) is 18.2 Å². The van der Waals surface area contributed by atoms with E-state index in [0.29, 0.717) is 22.6 Å². The molecule has 4 saturated carbocycles. The summed E-state index contributed by atoms with van der Waals surface area (Å²) in [6.07, 6.45) is 6.69. The van der Waals surface area contributed by atoms with Crippen LogP contribution in [-0.4, -0.2) is 24.5 Å². The Hall–Kier alpha value is -3.39. The van der Waals surface area contributed by atoms with Gasteiger partial charge in [-0.25, -0.2) is 18.2 Å². The topological polar surface area (TPSA) is 108 Å². The molecule has 4 fully saturated rings. The van der Waals surface area contributed by atoms with Gasteiger partial charge in [0, 0.05) is 11.4 Å². The molecule has 2 unspecified atom stereocenters. The van der Waals surface area contributed by atoms with Crippen molar-refractivity contribution >= 4 is 33.2 Å². The van der Waals surface area contributed by atoms with E-state index in [1.165, 1.54) is 55.9 Å². The zero-order valence-electron chi connectivity index (χ0n) is 19.1. The lowest BCUT2D eigenvalue weighted by molar-refractivity contribution is 0.0690. The lowest BCUT2D eigenvalue weighted by atomic mass is 9.71. The molecule has 3 aromatic rings. The maximum atomic E-state index is 13.0. The van der Waals surface area contributed by atoms with E-state index in [-0.39, 0.29) is 10.6 Å². The normalized spacial score (nSPS) is 26.6. The van der Waals surface area contributed by atoms with Crippen LogP contribution in [0.25, 0.3) is 0 Å². The van der Waals surface area contributed by atoms with Crippen molar-refractivity contribution in [2.24, 2.45) is 17.8 Å². The Morgan fingerprint density at radius 3 is 2.20 bits per heavy atom. The quantitative estimate of drug-likeness (QED) is 0.410. The second-order valence-corrected chi connectivity index (χ2v) is 11.9. The third kappa shape index (κ3) is 3.95. The van der Waals surface area contributed by atoms with Crippen LogP contribution in [-0.2, 0) is 15.4 Å². The predicted molar refractivity (Wildman–Crippen MR) is 133 cm³/mol. The van der Waals surface area contributed by atoms with Gasteiger partial charge in [0.05, 0.1) is 4.90 Å². The van der Waals surface area contributed by atoms with Gasteiger partial charge in [-0.3, -0.25) is 4.72 Å². The molecule has 4 aliphatic rings. The van der Waals surface area contributed by atoms with Gasteiger partial charge < -0.3 is 10.4 Å². The van der Waals surface area contributed by atoms with Crippen molar-refractivity contribution in [2.45, 2.75) is 42.4 Å². The van der Waals surface area contributed by atoms with Crippen LogP contribution >= 0.6 is 0 Å². The van der Waals surface area contributed by atoms with Gasteiger partial charge in [-0.15, -0.1) is 0 Å². The van der Waals surface area contributed by atoms with Gasteiger partial charge in [-0.2, -0.15) is 0 Å². The molecule has 3 N–H and O–H groups in total. The summed E-state index contributed by atoms with van der Waals surface area (Å²) >= 11 is 0. The first kappa shape index (κ1) is 22.1. The third-order valence-electron chi connectivity index (χ3n) is 8.11. The van der Waals surface area contributed by atoms with Gasteiger partial charge in [-0.05, 0) is 109 Å². The summed E-state index contributed by atoms with van der Waals surface area (Å²) in [6, 6.07) is 18.9. The van der Waals surface area contributed by atoms with Crippen molar-refractivity contribution in [3.05, 3.63) is 78.0 Å². The number of nitrogens with zero attached hydrogens (tertiary/aromatic N) is 1. The number of nitrogens with one attached hydrogen (secondary N) is 2. The maximum Gasteiger partial charge on any atom is 0.354 e. The van der Waals surface area contributed by atoms with Gasteiger partial charge in [0.15, 0.2) is 5.69 Å². The molecule has 2 atom stereocenters. The number of sulfonamides is 1. The molecule has 0 saturated heterocycles. The number of anilines is 3. The summed E-state index contributed by atoms with van der Waals surface area (Å²) < 4.78 is 28.6. The Balaban J connectivity index is 1.15. The zero-order valence-corrected chi connectivity index (χ0v) is 20.0. The van der Waals surface area contributed by atoms with Crippen LogP contribution in [0.3, 0.4) is 0 Å². The molecule has 0 spiro atoms. The second kappa shape index (κ2) is 8.09. The van der Waals surface area contributed by atoms with E-state index in [9.17, 15) is 13.2 Å². The van der Waals surface area contributed by atoms with Gasteiger partial charge in [0.25, 0.3) is 10.0 Å². The van der Waals surface area contributed by atoms with Crippen molar-refractivity contribution in [3.63, 3.8) is 0 Å². The number of pyridine rings is 1. The van der Waals surface area contributed by atoms with Crippen molar-refractivity contribution in [2.75, 3.05) is 10.0 Å². The van der Waals surface area contributed by atoms with Crippen LogP contribution < -0.4 is 10.0 Å². The number of hydrogen-bond acceptors (Lipinski definition) is 5. The molecule has 0 radical (unpaired) electrons. The predicted octanol–water partition coefficient (Wildman–Crippen LogP) is 5.40. The zero-order chi connectivity index (χ0) is 24.2. The Morgan fingerprint density at radius 1 is 0.886 bits per heavy atom. The average molecular weight is 490 g/mol. The second-order valence-electron chi connectivity index (χ2n) is 10.2. The summed E-state index contributed by atoms with van der Waals surface area (Å²) in [6.45, 7) is 0. The SMILES string of the molecule is O=C(O)c1cccc(Nc2ccc(S(=O)(=O)Nc3ccc(C45CC6CC(CC4C6)C5)cc3)cc2)n1. The molecule has 1 heterocycles. The van der Waals surface area contributed by atoms with Crippen LogP contribution in [0.2, 0.25) is 0 Å². The van der Waals surface area contributed by atoms with Crippen molar-refractivity contribution in [1.82, 2.24) is 4.98 Å². The Labute approximate surface area is 204 Å². The summed E-state index contributed by atoms with van der Waals surface area (Å²) in [5, 5.41) is 12.1. The van der Waals surface area contributed by atoms with E-state index in [1.807, 2.05) is 12.1 Å². The minimum Gasteiger partial charge on any atom is -0.477 e. The lowest BCUT2D eigenvalue weighted by Crippen LogP contribution is -2.27. The summed E-state index contributed by atoms with van der Waals surface area (Å²) in [5.74, 6) is 1.79. The van der Waals surface area contributed by atoms with Crippen LogP contribution in [0, 0.1) is 17.8 Å². The molecular weight excluding hydrogens is 462 g/mol. The highest BCUT2D eigenvalue weighted by Crippen LogP contribution is 2.65. The monoisotopic (exact) mass is 489 g/mol. The van der Waals surface area contributed by atoms with E-state index in [2.05, 4.69) is 27.2 Å². The minimum absolute atomic E-state index is 0.0720. The third-order valence-corrected chi connectivity index (χ3v) is 9.50. The number of aromatic nitrogens is 1. The Morgan fingerprint density at radius 2 is 1.54 bits per heavy atom. The lowest BCUT2D eigenvalue weighted by Gasteiger charge is -2.33. The molecular formula is C27H27N3O4S. The van der Waals surface area contributed by atoms with E-state index < -0.39 is 16.0 Å². The van der Waals surface area contributed by atoms with Crippen LogP contribution in [0.15, 0.2) is 71.6 Å². The number of rotatable bonds is 7. The van der Waals surface area contributed by atoms with E-state index in [1.54, 1.807) is 24.3 Å². The molecule has 2 aromatic carbocycles. The maximum absolute atomic E-state index is 13.0. The molecule has 0 amide bonds. The minimum atomic E-state index is -3.74. The fourth-order valence-electron chi connectivity index (χ4n) is 6.84. The number of carboxylic acid groups (broad SMARTS) is 1. The van der Waals surface area contributed by atoms with Crippen molar-refractivity contribution in [1.29, 1.82) is 0 Å². The van der Waals surface area contributed by atoms with Crippen LogP contribution in [0.5, 0.6) is 0 Å². The van der Waals surface area contributed by atoms with E-state index in [0.717, 1.165) is 17.8 Å². The van der Waals surface area contributed by atoms with Gasteiger partial charge in [0.2, 0.25) is 0 Å². The number of aromatic carboxylic acids is 1. The van der Waals surface area contributed by atoms with Crippen molar-refractivity contribution in [3.8, 4) is 0 Å². The molecule has 8 heteroatoms. The number of hydrogen-bond donors (Lipinski definition) is 3. The number of benzene rings is 2. The Bertz CT molecular complexity index is 1370. The summed E-state index contributed by atoms with van der Waals surface area (Å²) in [4.78, 5) is 15.3. The fraction of sp³-hybridized carbons (Fsp3) is 0.333. The van der Waals surface area contributed by atoms with Gasteiger partial charge in [0.1, 0.15) is 5.82 Å². The highest BCUT2D eigenvalue weighted by molar-refractivity contribution is 7.92. The first-order valence-corrected chi connectivity index (χ1v) is 13.5. The Kier molecular flexibility index (Phi) is 5.11. The first-order valence-electron chi connectivity index (χ1n) is 12.0. The van der Waals surface area contributed by atoms with Crippen LogP contribution in [0.1, 0.15) is 48.2 Å². The molecule has 35 heavy (non-hydrogen) atoms. The van der Waals surface area contributed by atoms with E-state index >= 15 is 0 Å². The molecule has 0 aliphatic heterocycles. The highest BCUT2D eigenvalue weighted by atomic mass is 32.2. The first-order chi connectivity index (χ1) is 16.8. The molecule has 7 nitrogen and oxygen atoms in total. The molecule has 7 rings (SSSR count). The average Bonchev–Trinajstić information content (AvgIpc) is 3.24. The smallest absolute Gasteiger partial charge is 0.354 e. The molecule has 4 bridgehead atoms. The van der Waals surface area contributed by atoms with Crippen molar-refractivity contribution < 1.29 is 18.3 Å². The van der Waals surface area contributed by atoms with E-state index in [4.69, 9.17) is 5.11 Å². The number of carboxylic acids is 1. The largest absolute Gasteiger partial charge is 0.477 e. The summed E-state index contributed by atoms with van der Waals surface area (Å²) in [5.41, 5.74) is 2.76. The summed E-state index contributed by atoms with van der Waals surface area (Å²) in [7, 11) is -3.74. The molecule has 4 aliphatic carbocycles. The molecule has 1 aromatic heterocycles. The van der Waals surface area contributed by atoms with Crippen LogP contribution in [0.4, 0.5) is 17.2 Å². The number of carbonyl (C=O) groups is 1. The highest BCUT2D eigenvalue weighted by Gasteiger charge is 2.58. The fourth-order valence-corrected chi connectivity index (χ4v) is 7.90.